The van der Waals surface area contributed by atoms with Gasteiger partial charge in [-0.3, -0.25) is 14.5 Å². The zero-order chi connectivity index (χ0) is 15.4. The van der Waals surface area contributed by atoms with Gasteiger partial charge in [0.2, 0.25) is 0 Å². The molecule has 21 heavy (non-hydrogen) atoms. The summed E-state index contributed by atoms with van der Waals surface area (Å²) in [6, 6.07) is 5.39. The van der Waals surface area contributed by atoms with Crippen LogP contribution in [0.25, 0.3) is 0 Å². The van der Waals surface area contributed by atoms with E-state index in [0.717, 1.165) is 6.42 Å². The molecule has 0 saturated carbocycles. The molecule has 1 saturated heterocycles. The van der Waals surface area contributed by atoms with E-state index < -0.39 is 17.9 Å². The zero-order valence-electron chi connectivity index (χ0n) is 11.6. The first-order chi connectivity index (χ1) is 9.99. The van der Waals surface area contributed by atoms with E-state index in [4.69, 9.17) is 5.11 Å². The largest absolute Gasteiger partial charge is 0.480 e. The predicted molar refractivity (Wildman–Crippen MR) is 76.4 cm³/mol. The van der Waals surface area contributed by atoms with Crippen LogP contribution in [0.15, 0.2) is 24.3 Å². The molecule has 2 rings (SSSR count). The lowest BCUT2D eigenvalue weighted by molar-refractivity contribution is -0.138. The summed E-state index contributed by atoms with van der Waals surface area (Å²) in [5, 5.41) is 13.9. The molecule has 1 heterocycles. The second-order valence-electron chi connectivity index (χ2n) is 4.82. The number of carboxylic acid groups (broad SMARTS) is 1. The van der Waals surface area contributed by atoms with Gasteiger partial charge in [-0.05, 0) is 31.5 Å². The van der Waals surface area contributed by atoms with Crippen LogP contribution in [0.1, 0.15) is 23.7 Å². The fourth-order valence-corrected chi connectivity index (χ4v) is 2.03. The molecule has 0 aromatic heterocycles. The number of nitrogens with zero attached hydrogens (tertiary/aromatic N) is 1. The molecule has 112 valence electrons. The molecule has 3 N–H and O–H groups in total. The van der Waals surface area contributed by atoms with Crippen molar-refractivity contribution in [2.45, 2.75) is 19.4 Å². The number of nitrogens with one attached hydrogen (secondary N) is 2. The Morgan fingerprint density at radius 2 is 2.19 bits per heavy atom. The van der Waals surface area contributed by atoms with Crippen molar-refractivity contribution in [3.8, 4) is 0 Å². The molecule has 1 unspecified atom stereocenters. The smallest absolute Gasteiger partial charge is 0.325 e. The lowest BCUT2D eigenvalue weighted by atomic mass is 10.1. The van der Waals surface area contributed by atoms with Gasteiger partial charge in [0.25, 0.3) is 5.91 Å². The number of aliphatic carboxylic acids is 1. The lowest BCUT2D eigenvalue weighted by Gasteiger charge is -2.27. The van der Waals surface area contributed by atoms with Crippen LogP contribution in [0, 0.1) is 0 Å². The quantitative estimate of drug-likeness (QED) is 0.764. The minimum absolute atomic E-state index is 0.197. The number of carbonyl (C=O) groups is 3. The van der Waals surface area contributed by atoms with Crippen molar-refractivity contribution >= 4 is 23.6 Å². The maximum absolute atomic E-state index is 12.0. The summed E-state index contributed by atoms with van der Waals surface area (Å²) in [7, 11) is 0. The molecule has 3 amide bonds. The van der Waals surface area contributed by atoms with E-state index in [-0.39, 0.29) is 6.03 Å². The first-order valence-corrected chi connectivity index (χ1v) is 6.68. The van der Waals surface area contributed by atoms with Gasteiger partial charge in [-0.25, -0.2) is 4.79 Å². The molecule has 0 radical (unpaired) electrons. The summed E-state index contributed by atoms with van der Waals surface area (Å²) in [4.78, 5) is 36.1. The maximum Gasteiger partial charge on any atom is 0.325 e. The molecular formula is C14H17N3O4. The number of anilines is 1. The molecule has 0 aliphatic carbocycles. The third-order valence-corrected chi connectivity index (χ3v) is 3.22. The van der Waals surface area contributed by atoms with Crippen molar-refractivity contribution in [1.82, 2.24) is 10.6 Å². The van der Waals surface area contributed by atoms with Crippen molar-refractivity contribution in [2.75, 3.05) is 18.0 Å². The molecular weight excluding hydrogens is 274 g/mol. The molecule has 1 aromatic carbocycles. The van der Waals surface area contributed by atoms with Crippen LogP contribution < -0.4 is 15.5 Å². The number of rotatable bonds is 4. The summed E-state index contributed by atoms with van der Waals surface area (Å²) in [6.07, 6.45) is 0.832. The summed E-state index contributed by atoms with van der Waals surface area (Å²) < 4.78 is 0. The molecule has 1 atom stereocenters. The Kier molecular flexibility index (Phi) is 4.42. The Morgan fingerprint density at radius 3 is 2.86 bits per heavy atom. The lowest BCUT2D eigenvalue weighted by Crippen LogP contribution is -2.46. The van der Waals surface area contributed by atoms with Crippen LogP contribution in [0.5, 0.6) is 0 Å². The molecule has 7 nitrogen and oxygen atoms in total. The van der Waals surface area contributed by atoms with Crippen LogP contribution in [0.2, 0.25) is 0 Å². The Balaban J connectivity index is 2.15. The highest BCUT2D eigenvalue weighted by atomic mass is 16.4. The number of benzene rings is 1. The van der Waals surface area contributed by atoms with E-state index >= 15 is 0 Å². The predicted octanol–water partition coefficient (Wildman–Crippen LogP) is 0.809. The Bertz CT molecular complexity index is 573. The highest BCUT2D eigenvalue weighted by molar-refractivity contribution is 5.99. The Morgan fingerprint density at radius 1 is 1.43 bits per heavy atom. The van der Waals surface area contributed by atoms with Gasteiger partial charge in [-0.2, -0.15) is 0 Å². The van der Waals surface area contributed by atoms with Gasteiger partial charge in [0, 0.05) is 24.3 Å². The van der Waals surface area contributed by atoms with E-state index in [1.165, 1.54) is 6.92 Å². The SMILES string of the molecule is CC(NC(=O)c1cccc(N2CCCNC2=O)c1)C(=O)O. The molecule has 7 heteroatoms. The van der Waals surface area contributed by atoms with Gasteiger partial charge >= 0.3 is 12.0 Å². The standard InChI is InChI=1S/C14H17N3O4/c1-9(13(19)20)16-12(18)10-4-2-5-11(8-10)17-7-3-6-15-14(17)21/h2,4-5,8-9H,3,6-7H2,1H3,(H,15,21)(H,16,18)(H,19,20). The topological polar surface area (TPSA) is 98.7 Å². The van der Waals surface area contributed by atoms with E-state index in [0.29, 0.717) is 24.3 Å². The highest BCUT2D eigenvalue weighted by Crippen LogP contribution is 2.18. The summed E-state index contributed by atoms with van der Waals surface area (Å²) in [5.74, 6) is -1.58. The van der Waals surface area contributed by atoms with Crippen LogP contribution in [-0.4, -0.2) is 42.1 Å². The van der Waals surface area contributed by atoms with E-state index in [2.05, 4.69) is 10.6 Å². The van der Waals surface area contributed by atoms with Gasteiger partial charge in [0.05, 0.1) is 0 Å². The fourth-order valence-electron chi connectivity index (χ4n) is 2.03. The molecule has 1 aliphatic rings. The average molecular weight is 291 g/mol. The number of amides is 3. The fraction of sp³-hybridized carbons (Fsp3) is 0.357. The molecule has 1 fully saturated rings. The van der Waals surface area contributed by atoms with Crippen LogP contribution in [0.3, 0.4) is 0 Å². The minimum Gasteiger partial charge on any atom is -0.480 e. The van der Waals surface area contributed by atoms with Crippen LogP contribution >= 0.6 is 0 Å². The first kappa shape index (κ1) is 14.8. The first-order valence-electron chi connectivity index (χ1n) is 6.68. The minimum atomic E-state index is -1.10. The maximum atomic E-state index is 12.0. The van der Waals surface area contributed by atoms with E-state index in [1.54, 1.807) is 29.2 Å². The van der Waals surface area contributed by atoms with Crippen LogP contribution in [-0.2, 0) is 4.79 Å². The Labute approximate surface area is 121 Å². The molecule has 0 bridgehead atoms. The average Bonchev–Trinajstić information content (AvgIpc) is 2.47. The number of urea groups is 1. The molecule has 1 aliphatic heterocycles. The zero-order valence-corrected chi connectivity index (χ0v) is 11.6. The van der Waals surface area contributed by atoms with E-state index in [1.807, 2.05) is 0 Å². The van der Waals surface area contributed by atoms with Crippen molar-refractivity contribution in [3.05, 3.63) is 29.8 Å². The van der Waals surface area contributed by atoms with Crippen molar-refractivity contribution in [2.24, 2.45) is 0 Å². The number of hydrogen-bond donors (Lipinski definition) is 3. The Hall–Kier alpha value is -2.57. The van der Waals surface area contributed by atoms with Crippen molar-refractivity contribution < 1.29 is 19.5 Å². The number of carboxylic acids is 1. The van der Waals surface area contributed by atoms with Gasteiger partial charge < -0.3 is 15.7 Å². The molecule has 0 spiro atoms. The second-order valence-corrected chi connectivity index (χ2v) is 4.82. The summed E-state index contributed by atoms with van der Waals surface area (Å²) in [5.41, 5.74) is 0.932. The van der Waals surface area contributed by atoms with E-state index in [9.17, 15) is 14.4 Å². The van der Waals surface area contributed by atoms with Crippen molar-refractivity contribution in [3.63, 3.8) is 0 Å². The van der Waals surface area contributed by atoms with Crippen LogP contribution in [0.4, 0.5) is 10.5 Å². The summed E-state index contributed by atoms with van der Waals surface area (Å²) >= 11 is 0. The highest BCUT2D eigenvalue weighted by Gasteiger charge is 2.21. The third-order valence-electron chi connectivity index (χ3n) is 3.22. The van der Waals surface area contributed by atoms with Gasteiger partial charge in [-0.15, -0.1) is 0 Å². The van der Waals surface area contributed by atoms with Gasteiger partial charge in [-0.1, -0.05) is 6.07 Å². The van der Waals surface area contributed by atoms with Gasteiger partial charge in [0.15, 0.2) is 0 Å². The number of hydrogen-bond acceptors (Lipinski definition) is 3. The van der Waals surface area contributed by atoms with Crippen molar-refractivity contribution in [1.29, 1.82) is 0 Å². The number of carbonyl (C=O) groups excluding carboxylic acids is 2. The van der Waals surface area contributed by atoms with Gasteiger partial charge in [0.1, 0.15) is 6.04 Å². The summed E-state index contributed by atoms with van der Waals surface area (Å²) in [6.45, 7) is 2.62. The third kappa shape index (κ3) is 3.50. The second kappa shape index (κ2) is 6.25. The molecule has 1 aromatic rings. The normalized spacial score (nSPS) is 16.0. The monoisotopic (exact) mass is 291 g/mol.